The first-order valence-corrected chi connectivity index (χ1v) is 6.23. The highest BCUT2D eigenvalue weighted by Gasteiger charge is 2.34. The minimum absolute atomic E-state index is 0.0185. The lowest BCUT2D eigenvalue weighted by Crippen LogP contribution is -2.18. The van der Waals surface area contributed by atoms with Gasteiger partial charge >= 0.3 is 12.2 Å². The van der Waals surface area contributed by atoms with E-state index in [0.717, 1.165) is 6.07 Å². The van der Waals surface area contributed by atoms with E-state index >= 15 is 0 Å². The lowest BCUT2D eigenvalue weighted by atomic mass is 10.4. The van der Waals surface area contributed by atoms with E-state index in [1.807, 2.05) is 0 Å². The van der Waals surface area contributed by atoms with E-state index in [1.54, 1.807) is 0 Å². The van der Waals surface area contributed by atoms with Gasteiger partial charge < -0.3 is 5.32 Å². The molecular formula is C10H6ClF3N4OS. The summed E-state index contributed by atoms with van der Waals surface area (Å²) in [7, 11) is 0. The van der Waals surface area contributed by atoms with Gasteiger partial charge in [0.1, 0.15) is 10.2 Å². The molecule has 2 N–H and O–H groups in total. The number of nitrogens with zero attached hydrogens (tertiary/aromatic N) is 2. The SMILES string of the molecule is O=C(Nc1ccnc(Cl)c1)Nc1cc(C(F)(F)F)ns1. The zero-order chi connectivity index (χ0) is 14.8. The highest BCUT2D eigenvalue weighted by molar-refractivity contribution is 7.10. The van der Waals surface area contributed by atoms with E-state index in [2.05, 4.69) is 20.0 Å². The first kappa shape index (κ1) is 14.5. The van der Waals surface area contributed by atoms with Crippen molar-refractivity contribution >= 4 is 39.9 Å². The van der Waals surface area contributed by atoms with Gasteiger partial charge in [-0.1, -0.05) is 11.6 Å². The minimum Gasteiger partial charge on any atom is -0.308 e. The molecule has 2 heterocycles. The molecule has 2 aromatic heterocycles. The van der Waals surface area contributed by atoms with Crippen LogP contribution < -0.4 is 10.6 Å². The number of halogens is 4. The summed E-state index contributed by atoms with van der Waals surface area (Å²) < 4.78 is 40.2. The van der Waals surface area contributed by atoms with Gasteiger partial charge in [0.15, 0.2) is 5.69 Å². The van der Waals surface area contributed by atoms with Gasteiger partial charge in [0.05, 0.1) is 0 Å². The molecule has 2 rings (SSSR count). The predicted octanol–water partition coefficient (Wildman–Crippen LogP) is 3.85. The molecule has 0 saturated heterocycles. The molecule has 0 saturated carbocycles. The molecule has 20 heavy (non-hydrogen) atoms. The first-order chi connectivity index (χ1) is 9.34. The Kier molecular flexibility index (Phi) is 4.09. The number of nitrogens with one attached hydrogen (secondary N) is 2. The Bertz CT molecular complexity index is 631. The van der Waals surface area contributed by atoms with Gasteiger partial charge in [-0.3, -0.25) is 5.32 Å². The Hall–Kier alpha value is -1.87. The molecule has 0 aliphatic rings. The highest BCUT2D eigenvalue weighted by Crippen LogP contribution is 2.31. The third kappa shape index (κ3) is 3.81. The van der Waals surface area contributed by atoms with Gasteiger partial charge in [0, 0.05) is 18.0 Å². The Labute approximate surface area is 120 Å². The monoisotopic (exact) mass is 322 g/mol. The van der Waals surface area contributed by atoms with Crippen molar-refractivity contribution in [3.05, 3.63) is 35.2 Å². The van der Waals surface area contributed by atoms with Crippen LogP contribution in [0.3, 0.4) is 0 Å². The third-order valence-electron chi connectivity index (χ3n) is 2.02. The molecule has 0 radical (unpaired) electrons. The summed E-state index contributed by atoms with van der Waals surface area (Å²) in [6.07, 6.45) is -3.15. The Morgan fingerprint density at radius 1 is 1.30 bits per heavy atom. The summed E-state index contributed by atoms with van der Waals surface area (Å²) in [5.74, 6) is 0. The lowest BCUT2D eigenvalue weighted by Gasteiger charge is -2.05. The molecule has 0 aliphatic heterocycles. The summed E-state index contributed by atoms with van der Waals surface area (Å²) in [6, 6.07) is 2.93. The van der Waals surface area contributed by atoms with E-state index in [4.69, 9.17) is 11.6 Å². The van der Waals surface area contributed by atoms with Gasteiger partial charge in [-0.05, 0) is 23.7 Å². The van der Waals surface area contributed by atoms with Gasteiger partial charge in [-0.25, -0.2) is 9.78 Å². The molecular weight excluding hydrogens is 317 g/mol. The van der Waals surface area contributed by atoms with Gasteiger partial charge in [0.2, 0.25) is 0 Å². The van der Waals surface area contributed by atoms with Crippen LogP contribution in [0.4, 0.5) is 28.7 Å². The van der Waals surface area contributed by atoms with Gasteiger partial charge in [-0.15, -0.1) is 0 Å². The molecule has 10 heteroatoms. The molecule has 5 nitrogen and oxygen atoms in total. The van der Waals surface area contributed by atoms with Crippen LogP contribution in [0.1, 0.15) is 5.69 Å². The molecule has 2 aromatic rings. The number of carbonyl (C=O) groups is 1. The first-order valence-electron chi connectivity index (χ1n) is 5.08. The van der Waals surface area contributed by atoms with Crippen molar-refractivity contribution in [3.63, 3.8) is 0 Å². The van der Waals surface area contributed by atoms with Crippen LogP contribution in [0.5, 0.6) is 0 Å². The van der Waals surface area contributed by atoms with E-state index in [-0.39, 0.29) is 10.2 Å². The number of hydrogen-bond donors (Lipinski definition) is 2. The predicted molar refractivity (Wildman–Crippen MR) is 69.0 cm³/mol. The second kappa shape index (κ2) is 5.63. The van der Waals surface area contributed by atoms with Crippen molar-refractivity contribution in [2.45, 2.75) is 6.18 Å². The average Bonchev–Trinajstić information content (AvgIpc) is 2.76. The van der Waals surface area contributed by atoms with E-state index < -0.39 is 17.9 Å². The van der Waals surface area contributed by atoms with Crippen LogP contribution in [-0.4, -0.2) is 15.4 Å². The molecule has 106 valence electrons. The van der Waals surface area contributed by atoms with Crippen molar-refractivity contribution in [2.75, 3.05) is 10.6 Å². The lowest BCUT2D eigenvalue weighted by molar-refractivity contribution is -0.140. The van der Waals surface area contributed by atoms with E-state index in [1.165, 1.54) is 18.3 Å². The summed E-state index contributed by atoms with van der Waals surface area (Å²) >= 11 is 6.16. The zero-order valence-electron chi connectivity index (χ0n) is 9.53. The number of anilines is 2. The van der Waals surface area contributed by atoms with E-state index in [9.17, 15) is 18.0 Å². The number of pyridine rings is 1. The summed E-state index contributed by atoms with van der Waals surface area (Å²) in [4.78, 5) is 15.3. The van der Waals surface area contributed by atoms with Crippen LogP contribution in [-0.2, 0) is 6.18 Å². The molecule has 0 fully saturated rings. The fourth-order valence-corrected chi connectivity index (χ4v) is 2.05. The van der Waals surface area contributed by atoms with Crippen molar-refractivity contribution in [1.29, 1.82) is 0 Å². The van der Waals surface area contributed by atoms with Crippen molar-refractivity contribution < 1.29 is 18.0 Å². The molecule has 2 amide bonds. The number of rotatable bonds is 2. The average molecular weight is 323 g/mol. The second-order valence-electron chi connectivity index (χ2n) is 3.52. The molecule has 0 unspecified atom stereocenters. The maximum absolute atomic E-state index is 12.3. The van der Waals surface area contributed by atoms with Crippen LogP contribution in [0.2, 0.25) is 5.15 Å². The molecule has 0 aliphatic carbocycles. The fraction of sp³-hybridized carbons (Fsp3) is 0.100. The smallest absolute Gasteiger partial charge is 0.308 e. The molecule has 0 atom stereocenters. The van der Waals surface area contributed by atoms with Crippen LogP contribution in [0.25, 0.3) is 0 Å². The van der Waals surface area contributed by atoms with Crippen LogP contribution >= 0.6 is 23.1 Å². The van der Waals surface area contributed by atoms with E-state index in [0.29, 0.717) is 17.2 Å². The quantitative estimate of drug-likeness (QED) is 0.825. The standard InChI is InChI=1S/C10H6ClF3N4OS/c11-7-3-5(1-2-15-7)16-9(19)17-8-4-6(18-20-8)10(12,13)14/h1-4H,(H2,15,16,17,19). The topological polar surface area (TPSA) is 66.9 Å². The highest BCUT2D eigenvalue weighted by atomic mass is 35.5. The number of urea groups is 1. The normalized spacial score (nSPS) is 11.2. The second-order valence-corrected chi connectivity index (χ2v) is 4.71. The van der Waals surface area contributed by atoms with Crippen LogP contribution in [0.15, 0.2) is 24.4 Å². The van der Waals surface area contributed by atoms with Crippen molar-refractivity contribution in [3.8, 4) is 0 Å². The van der Waals surface area contributed by atoms with Crippen LogP contribution in [0, 0.1) is 0 Å². The maximum Gasteiger partial charge on any atom is 0.434 e. The zero-order valence-corrected chi connectivity index (χ0v) is 11.1. The Balaban J connectivity index is 2.00. The summed E-state index contributed by atoms with van der Waals surface area (Å²) in [6.45, 7) is 0. The largest absolute Gasteiger partial charge is 0.434 e. The van der Waals surface area contributed by atoms with Crippen molar-refractivity contribution in [2.24, 2.45) is 0 Å². The number of carbonyl (C=O) groups excluding carboxylic acids is 1. The van der Waals surface area contributed by atoms with Gasteiger partial charge in [-0.2, -0.15) is 17.5 Å². The fourth-order valence-electron chi connectivity index (χ4n) is 1.22. The third-order valence-corrected chi connectivity index (χ3v) is 2.93. The minimum atomic E-state index is -4.54. The van der Waals surface area contributed by atoms with Gasteiger partial charge in [0.25, 0.3) is 0 Å². The Morgan fingerprint density at radius 3 is 2.65 bits per heavy atom. The summed E-state index contributed by atoms with van der Waals surface area (Å²) in [5, 5.41) is 4.81. The molecule has 0 spiro atoms. The van der Waals surface area contributed by atoms with Crippen molar-refractivity contribution in [1.82, 2.24) is 9.36 Å². The number of alkyl halides is 3. The number of amides is 2. The molecule has 0 aromatic carbocycles. The Morgan fingerprint density at radius 2 is 2.05 bits per heavy atom. The maximum atomic E-state index is 12.3. The molecule has 0 bridgehead atoms. The number of hydrogen-bond acceptors (Lipinski definition) is 4. The number of aromatic nitrogens is 2. The summed E-state index contributed by atoms with van der Waals surface area (Å²) in [5.41, 5.74) is -0.687.